The van der Waals surface area contributed by atoms with Gasteiger partial charge in [0.1, 0.15) is 0 Å². The van der Waals surface area contributed by atoms with Crippen LogP contribution in [0.1, 0.15) is 12.1 Å². The molecule has 10 heteroatoms. The average molecular weight is 318 g/mol. The largest absolute Gasteiger partial charge is 0.438 e. The third-order valence-corrected chi connectivity index (χ3v) is 3.86. The first-order valence-electron chi connectivity index (χ1n) is 5.87. The van der Waals surface area contributed by atoms with Gasteiger partial charge in [-0.2, -0.15) is 23.3 Å². The molecule has 6 nitrogen and oxygen atoms in total. The highest BCUT2D eigenvalue weighted by atomic mass is 32.1. The topological polar surface area (TPSA) is 70.2 Å². The molecule has 2 aromatic rings. The van der Waals surface area contributed by atoms with Crippen LogP contribution in [0.5, 0.6) is 0 Å². The number of amides is 1. The summed E-state index contributed by atoms with van der Waals surface area (Å²) in [5, 5.41) is 14.9. The number of halogens is 3. The van der Waals surface area contributed by atoms with Crippen molar-refractivity contribution in [3.05, 3.63) is 23.5 Å². The Labute approximate surface area is 120 Å². The summed E-state index contributed by atoms with van der Waals surface area (Å²) in [6.07, 6.45) is -1.98. The molecule has 1 aliphatic rings. The van der Waals surface area contributed by atoms with Crippen LogP contribution in [-0.4, -0.2) is 43.5 Å². The third kappa shape index (κ3) is 2.20. The molecule has 0 spiro atoms. The number of alkyl halides is 3. The van der Waals surface area contributed by atoms with Crippen LogP contribution in [0.2, 0.25) is 0 Å². The summed E-state index contributed by atoms with van der Waals surface area (Å²) in [5.41, 5.74) is -2.96. The van der Waals surface area contributed by atoms with Crippen LogP contribution < -0.4 is 0 Å². The van der Waals surface area contributed by atoms with Crippen LogP contribution in [0.25, 0.3) is 4.96 Å². The summed E-state index contributed by atoms with van der Waals surface area (Å²) < 4.78 is 40.3. The van der Waals surface area contributed by atoms with Gasteiger partial charge in [-0.25, -0.2) is 4.98 Å². The number of imidazole rings is 1. The summed E-state index contributed by atoms with van der Waals surface area (Å²) >= 11 is 1.34. The predicted octanol–water partition coefficient (Wildman–Crippen LogP) is 1.41. The fraction of sp³-hybridized carbons (Fsp3) is 0.364. The van der Waals surface area contributed by atoms with E-state index in [1.54, 1.807) is 22.2 Å². The molecule has 1 N–H and O–H groups in total. The van der Waals surface area contributed by atoms with Gasteiger partial charge < -0.3 is 5.11 Å². The SMILES string of the molecule is O=C(Cc1cn2ccsc2n1)N1N=CCC1(O)C(F)(F)F. The number of nitrogens with zero attached hydrogens (tertiary/aromatic N) is 4. The zero-order valence-corrected chi connectivity index (χ0v) is 11.2. The van der Waals surface area contributed by atoms with E-state index >= 15 is 0 Å². The van der Waals surface area contributed by atoms with Gasteiger partial charge in [0.2, 0.25) is 0 Å². The molecule has 21 heavy (non-hydrogen) atoms. The maximum atomic E-state index is 12.9. The van der Waals surface area contributed by atoms with Crippen LogP contribution in [-0.2, 0) is 11.2 Å². The summed E-state index contributed by atoms with van der Waals surface area (Å²) in [4.78, 5) is 16.7. The minimum absolute atomic E-state index is 0.0838. The molecule has 0 saturated heterocycles. The van der Waals surface area contributed by atoms with Gasteiger partial charge in [0.05, 0.1) is 12.1 Å². The Hall–Kier alpha value is -1.94. The van der Waals surface area contributed by atoms with Crippen molar-refractivity contribution in [3.8, 4) is 0 Å². The second kappa shape index (κ2) is 4.53. The molecule has 0 aliphatic carbocycles. The van der Waals surface area contributed by atoms with Crippen LogP contribution >= 0.6 is 11.3 Å². The smallest absolute Gasteiger partial charge is 0.362 e. The van der Waals surface area contributed by atoms with Crippen molar-refractivity contribution in [3.63, 3.8) is 0 Å². The van der Waals surface area contributed by atoms with Crippen molar-refractivity contribution in [2.24, 2.45) is 5.10 Å². The van der Waals surface area contributed by atoms with Gasteiger partial charge in [0.25, 0.3) is 11.6 Å². The molecule has 1 unspecified atom stereocenters. The van der Waals surface area contributed by atoms with E-state index < -0.39 is 24.2 Å². The van der Waals surface area contributed by atoms with E-state index in [1.165, 1.54) is 11.3 Å². The Morgan fingerprint density at radius 3 is 2.95 bits per heavy atom. The third-order valence-electron chi connectivity index (χ3n) is 3.09. The molecule has 2 aromatic heterocycles. The lowest BCUT2D eigenvalue weighted by atomic mass is 10.1. The number of fused-ring (bicyclic) bond motifs is 1. The molecule has 0 bridgehead atoms. The van der Waals surface area contributed by atoms with Crippen molar-refractivity contribution >= 4 is 28.4 Å². The molecule has 0 radical (unpaired) electrons. The molecular weight excluding hydrogens is 309 g/mol. The molecule has 0 aromatic carbocycles. The van der Waals surface area contributed by atoms with Crippen molar-refractivity contribution in [2.45, 2.75) is 24.7 Å². The minimum atomic E-state index is -4.98. The maximum Gasteiger partial charge on any atom is 0.438 e. The standard InChI is InChI=1S/C11H9F3N4O2S/c12-11(13,14)10(20)1-2-15-18(10)8(19)5-7-6-17-3-4-21-9(17)16-7/h2-4,6,20H,1,5H2. The lowest BCUT2D eigenvalue weighted by molar-refractivity contribution is -0.302. The molecule has 1 atom stereocenters. The monoisotopic (exact) mass is 318 g/mol. The Balaban J connectivity index is 1.81. The van der Waals surface area contributed by atoms with E-state index in [4.69, 9.17) is 0 Å². The van der Waals surface area contributed by atoms with Gasteiger partial charge in [-0.15, -0.1) is 11.3 Å². The van der Waals surface area contributed by atoms with Crippen molar-refractivity contribution in [2.75, 3.05) is 0 Å². The fourth-order valence-corrected chi connectivity index (χ4v) is 2.75. The number of hydrogen-bond acceptors (Lipinski definition) is 5. The van der Waals surface area contributed by atoms with Gasteiger partial charge in [0.15, 0.2) is 4.96 Å². The molecule has 1 aliphatic heterocycles. The van der Waals surface area contributed by atoms with E-state index in [9.17, 15) is 23.1 Å². The molecular formula is C11H9F3N4O2S. The Morgan fingerprint density at radius 1 is 1.52 bits per heavy atom. The van der Waals surface area contributed by atoms with Crippen molar-refractivity contribution in [1.29, 1.82) is 0 Å². The van der Waals surface area contributed by atoms with Crippen LogP contribution in [0.15, 0.2) is 22.9 Å². The molecule has 0 saturated carbocycles. The molecule has 3 heterocycles. The van der Waals surface area contributed by atoms with Gasteiger partial charge in [-0.3, -0.25) is 9.20 Å². The lowest BCUT2D eigenvalue weighted by Crippen LogP contribution is -2.56. The van der Waals surface area contributed by atoms with Crippen molar-refractivity contribution < 1.29 is 23.1 Å². The second-order valence-electron chi connectivity index (χ2n) is 4.52. The Morgan fingerprint density at radius 2 is 2.29 bits per heavy atom. The van der Waals surface area contributed by atoms with Gasteiger partial charge in [-0.1, -0.05) is 0 Å². The van der Waals surface area contributed by atoms with Gasteiger partial charge >= 0.3 is 6.18 Å². The first-order chi connectivity index (χ1) is 9.81. The van der Waals surface area contributed by atoms with Crippen LogP contribution in [0, 0.1) is 0 Å². The molecule has 1 amide bonds. The molecule has 0 fully saturated rings. The first-order valence-corrected chi connectivity index (χ1v) is 6.75. The minimum Gasteiger partial charge on any atom is -0.362 e. The quantitative estimate of drug-likeness (QED) is 0.910. The fourth-order valence-electron chi connectivity index (χ4n) is 2.03. The number of thiazole rings is 1. The number of aliphatic hydroxyl groups is 1. The number of aromatic nitrogens is 2. The number of carbonyl (C=O) groups is 1. The number of carbonyl (C=O) groups excluding carboxylic acids is 1. The zero-order chi connectivity index (χ0) is 15.3. The summed E-state index contributed by atoms with van der Waals surface area (Å²) in [6.45, 7) is 0. The summed E-state index contributed by atoms with van der Waals surface area (Å²) in [5.74, 6) is -0.964. The van der Waals surface area contributed by atoms with Crippen LogP contribution in [0.4, 0.5) is 13.2 Å². The van der Waals surface area contributed by atoms with E-state index in [1.807, 2.05) is 0 Å². The van der Waals surface area contributed by atoms with Crippen LogP contribution in [0.3, 0.4) is 0 Å². The highest BCUT2D eigenvalue weighted by Crippen LogP contribution is 2.38. The van der Waals surface area contributed by atoms with E-state index in [2.05, 4.69) is 10.1 Å². The van der Waals surface area contributed by atoms with E-state index in [0.29, 0.717) is 10.7 Å². The Kier molecular flexibility index (Phi) is 3.02. The molecule has 3 rings (SSSR count). The molecule has 112 valence electrons. The first kappa shape index (κ1) is 14.0. The predicted molar refractivity (Wildman–Crippen MR) is 67.7 cm³/mol. The maximum absolute atomic E-state index is 12.9. The Bertz CT molecular complexity index is 694. The lowest BCUT2D eigenvalue weighted by Gasteiger charge is -2.32. The summed E-state index contributed by atoms with van der Waals surface area (Å²) in [7, 11) is 0. The number of hydrogen-bond donors (Lipinski definition) is 1. The highest BCUT2D eigenvalue weighted by molar-refractivity contribution is 7.15. The summed E-state index contributed by atoms with van der Waals surface area (Å²) in [6, 6.07) is 0. The second-order valence-corrected chi connectivity index (χ2v) is 5.40. The van der Waals surface area contributed by atoms with Crippen molar-refractivity contribution in [1.82, 2.24) is 14.4 Å². The normalized spacial score (nSPS) is 22.4. The highest BCUT2D eigenvalue weighted by Gasteiger charge is 2.61. The van der Waals surface area contributed by atoms with E-state index in [0.717, 1.165) is 6.21 Å². The van der Waals surface area contributed by atoms with Gasteiger partial charge in [0, 0.05) is 30.4 Å². The van der Waals surface area contributed by atoms with E-state index in [-0.39, 0.29) is 11.4 Å². The average Bonchev–Trinajstić information content (AvgIpc) is 3.01. The number of hydrazone groups is 1. The number of rotatable bonds is 2. The van der Waals surface area contributed by atoms with Gasteiger partial charge in [-0.05, 0) is 0 Å². The zero-order valence-electron chi connectivity index (χ0n) is 10.4.